The van der Waals surface area contributed by atoms with Gasteiger partial charge in [0.25, 0.3) is 5.82 Å². The van der Waals surface area contributed by atoms with Crippen molar-refractivity contribution >= 4 is 0 Å². The molecule has 206 valence electrons. The Morgan fingerprint density at radius 2 is 1.18 bits per heavy atom. The van der Waals surface area contributed by atoms with Crippen molar-refractivity contribution in [1.29, 1.82) is 0 Å². The molecule has 40 heavy (non-hydrogen) atoms. The normalized spacial score (nSPS) is 19.0. The van der Waals surface area contributed by atoms with Gasteiger partial charge in [0.2, 0.25) is 0 Å². The number of imidazole rings is 1. The Kier molecular flexibility index (Phi) is 6.49. The molecule has 2 aliphatic carbocycles. The van der Waals surface area contributed by atoms with E-state index in [1.807, 2.05) is 0 Å². The van der Waals surface area contributed by atoms with Crippen molar-refractivity contribution in [3.05, 3.63) is 100 Å². The van der Waals surface area contributed by atoms with Crippen LogP contribution in [-0.2, 0) is 5.41 Å². The highest BCUT2D eigenvalue weighted by Gasteiger charge is 2.60. The van der Waals surface area contributed by atoms with Crippen LogP contribution in [0.15, 0.2) is 66.7 Å². The van der Waals surface area contributed by atoms with E-state index in [1.54, 1.807) is 11.3 Å². The summed E-state index contributed by atoms with van der Waals surface area (Å²) in [7, 11) is 0. The molecular weight excluding hydrogens is 484 g/mol. The number of hydrogen-bond acceptors (Lipinski definition) is 0. The molecule has 2 nitrogen and oxygen atoms in total. The Hall–Kier alpha value is -3.13. The minimum Gasteiger partial charge on any atom is -0.192 e. The summed E-state index contributed by atoms with van der Waals surface area (Å²) in [5, 5.41) is 0. The van der Waals surface area contributed by atoms with E-state index in [9.17, 15) is 0 Å². The molecule has 2 heteroatoms. The fraction of sp³-hybridized carbons (Fsp3) is 0.447. The topological polar surface area (TPSA) is 8.81 Å². The molecule has 3 aromatic carbocycles. The first-order valence-electron chi connectivity index (χ1n) is 16.0. The maximum Gasteiger partial charge on any atom is 0.300 e. The molecule has 2 heterocycles. The van der Waals surface area contributed by atoms with Crippen molar-refractivity contribution in [2.75, 3.05) is 0 Å². The minimum absolute atomic E-state index is 0.0841. The molecule has 0 N–H and O–H groups in total. The molecule has 0 radical (unpaired) electrons. The first-order chi connectivity index (χ1) is 19.5. The molecule has 2 fully saturated rings. The Balaban J connectivity index is 1.65. The lowest BCUT2D eigenvalue weighted by Crippen LogP contribution is -2.47. The smallest absolute Gasteiger partial charge is 0.192 e. The maximum absolute atomic E-state index is 2.76. The van der Waals surface area contributed by atoms with E-state index in [1.165, 1.54) is 109 Å². The molecule has 1 aromatic heterocycles. The van der Waals surface area contributed by atoms with Gasteiger partial charge in [0.1, 0.15) is 11.4 Å². The standard InChI is InChI=1S/C38H45N2/c1-26-16-11-13-24-33(26)39-29(4)36-38(30-19-7-5-8-20-30,31-21-9-6-10-22-31)32-23-12-14-25-34(32)40(36)37(39)35-27(2)17-15-18-28(35)3/h11-18,23-25,30-31H,5-10,19-22H2,1-4H3/q+1. The van der Waals surface area contributed by atoms with Crippen LogP contribution in [0.2, 0.25) is 0 Å². The molecule has 0 atom stereocenters. The summed E-state index contributed by atoms with van der Waals surface area (Å²) in [6, 6.07) is 25.4. The highest BCUT2D eigenvalue weighted by Crippen LogP contribution is 2.58. The highest BCUT2D eigenvalue weighted by atomic mass is 15.2. The SMILES string of the molecule is Cc1ccccc1-n1c(C)c2[n+](c1-c1c(C)cccc1C)-c1ccccc1C2(C1CCCCC1)C1CCCCC1. The summed E-state index contributed by atoms with van der Waals surface area (Å²) in [5.41, 5.74) is 12.9. The van der Waals surface area contributed by atoms with Crippen molar-refractivity contribution in [1.82, 2.24) is 4.57 Å². The van der Waals surface area contributed by atoms with E-state index in [0.29, 0.717) is 11.8 Å². The second kappa shape index (κ2) is 10.1. The van der Waals surface area contributed by atoms with Crippen LogP contribution in [0, 0.1) is 39.5 Å². The summed E-state index contributed by atoms with van der Waals surface area (Å²) < 4.78 is 5.41. The van der Waals surface area contributed by atoms with E-state index < -0.39 is 0 Å². The van der Waals surface area contributed by atoms with Crippen LogP contribution in [0.25, 0.3) is 22.8 Å². The zero-order chi connectivity index (χ0) is 27.4. The first kappa shape index (κ1) is 25.8. The van der Waals surface area contributed by atoms with Crippen molar-refractivity contribution in [2.24, 2.45) is 11.8 Å². The van der Waals surface area contributed by atoms with Crippen LogP contribution in [0.4, 0.5) is 0 Å². The molecule has 2 saturated carbocycles. The fourth-order valence-corrected chi connectivity index (χ4v) is 9.27. The molecule has 0 amide bonds. The van der Waals surface area contributed by atoms with Crippen molar-refractivity contribution in [3.63, 3.8) is 0 Å². The van der Waals surface area contributed by atoms with Gasteiger partial charge >= 0.3 is 0 Å². The lowest BCUT2D eigenvalue weighted by atomic mass is 9.55. The third-order valence-electron chi connectivity index (χ3n) is 10.9. The monoisotopic (exact) mass is 529 g/mol. The summed E-state index contributed by atoms with van der Waals surface area (Å²) in [4.78, 5) is 0. The van der Waals surface area contributed by atoms with Crippen LogP contribution in [0.1, 0.15) is 97.8 Å². The molecule has 0 saturated heterocycles. The molecule has 1 aliphatic heterocycles. The van der Waals surface area contributed by atoms with Crippen LogP contribution in [0.5, 0.6) is 0 Å². The molecule has 4 aromatic rings. The van der Waals surface area contributed by atoms with Crippen LogP contribution < -0.4 is 4.57 Å². The maximum atomic E-state index is 2.76. The van der Waals surface area contributed by atoms with Gasteiger partial charge in [-0.15, -0.1) is 0 Å². The van der Waals surface area contributed by atoms with Gasteiger partial charge < -0.3 is 0 Å². The summed E-state index contributed by atoms with van der Waals surface area (Å²) in [5.74, 6) is 2.76. The fourth-order valence-electron chi connectivity index (χ4n) is 9.27. The van der Waals surface area contributed by atoms with Crippen LogP contribution in [0.3, 0.4) is 0 Å². The van der Waals surface area contributed by atoms with Crippen LogP contribution >= 0.6 is 0 Å². The molecule has 0 bridgehead atoms. The number of rotatable bonds is 4. The second-order valence-corrected chi connectivity index (χ2v) is 13.0. The number of aryl methyl sites for hydroxylation is 3. The van der Waals surface area contributed by atoms with Crippen molar-refractivity contribution < 1.29 is 4.57 Å². The first-order valence-corrected chi connectivity index (χ1v) is 16.0. The predicted octanol–water partition coefficient (Wildman–Crippen LogP) is 9.41. The Labute approximate surface area is 241 Å². The average Bonchev–Trinajstić information content (AvgIpc) is 3.45. The lowest BCUT2D eigenvalue weighted by molar-refractivity contribution is -0.588. The van der Waals surface area contributed by atoms with E-state index in [0.717, 1.165) is 0 Å². The number of nitrogens with zero attached hydrogens (tertiary/aromatic N) is 2. The molecule has 0 spiro atoms. The lowest BCUT2D eigenvalue weighted by Gasteiger charge is -2.46. The molecule has 7 rings (SSSR count). The van der Waals surface area contributed by atoms with Gasteiger partial charge in [-0.1, -0.05) is 93.1 Å². The zero-order valence-electron chi connectivity index (χ0n) is 25.0. The van der Waals surface area contributed by atoms with Gasteiger partial charge in [0.05, 0.1) is 11.0 Å². The van der Waals surface area contributed by atoms with Gasteiger partial charge in [-0.05, 0) is 87.1 Å². The van der Waals surface area contributed by atoms with Crippen LogP contribution in [-0.4, -0.2) is 4.57 Å². The van der Waals surface area contributed by atoms with Gasteiger partial charge in [-0.3, -0.25) is 0 Å². The van der Waals surface area contributed by atoms with Gasteiger partial charge in [0, 0.05) is 12.5 Å². The summed E-state index contributed by atoms with van der Waals surface area (Å²) in [6.45, 7) is 9.33. The van der Waals surface area contributed by atoms with E-state index in [2.05, 4.69) is 104 Å². The second-order valence-electron chi connectivity index (χ2n) is 13.0. The molecule has 3 aliphatic rings. The van der Waals surface area contributed by atoms with E-state index >= 15 is 0 Å². The minimum atomic E-state index is 0.0841. The quantitative estimate of drug-likeness (QED) is 0.233. The van der Waals surface area contributed by atoms with E-state index in [-0.39, 0.29) is 5.41 Å². The van der Waals surface area contributed by atoms with Gasteiger partial charge in [-0.25, -0.2) is 0 Å². The molecular formula is C38H45N2+. The number of fused-ring (bicyclic) bond motifs is 3. The predicted molar refractivity (Wildman–Crippen MR) is 166 cm³/mol. The number of aromatic nitrogens is 2. The third-order valence-corrected chi connectivity index (χ3v) is 10.9. The number of hydrogen-bond donors (Lipinski definition) is 0. The largest absolute Gasteiger partial charge is 0.300 e. The van der Waals surface area contributed by atoms with Gasteiger partial charge in [-0.2, -0.15) is 9.13 Å². The molecule has 0 unspecified atom stereocenters. The average molecular weight is 530 g/mol. The summed E-state index contributed by atoms with van der Waals surface area (Å²) in [6.07, 6.45) is 13.7. The third kappa shape index (κ3) is 3.64. The van der Waals surface area contributed by atoms with Crippen molar-refractivity contribution in [2.45, 2.75) is 97.3 Å². The Morgan fingerprint density at radius 1 is 0.625 bits per heavy atom. The Morgan fingerprint density at radius 3 is 1.80 bits per heavy atom. The Bertz CT molecular complexity index is 1520. The van der Waals surface area contributed by atoms with Gasteiger partial charge in [0.15, 0.2) is 11.4 Å². The van der Waals surface area contributed by atoms with Crippen molar-refractivity contribution in [3.8, 4) is 22.8 Å². The number of benzene rings is 3. The zero-order valence-corrected chi connectivity index (χ0v) is 25.0. The summed E-state index contributed by atoms with van der Waals surface area (Å²) >= 11 is 0. The van der Waals surface area contributed by atoms with E-state index in [4.69, 9.17) is 0 Å². The number of para-hydroxylation sites is 2. The highest BCUT2D eigenvalue weighted by molar-refractivity contribution is 5.69.